The van der Waals surface area contributed by atoms with Gasteiger partial charge in [-0.2, -0.15) is 0 Å². The second-order valence-electron chi connectivity index (χ2n) is 3.07. The van der Waals surface area contributed by atoms with Crippen LogP contribution < -0.4 is 0 Å². The normalized spacial score (nSPS) is 28.1. The van der Waals surface area contributed by atoms with Gasteiger partial charge in [0, 0.05) is 7.98 Å². The van der Waals surface area contributed by atoms with Gasteiger partial charge in [0.2, 0.25) is 0 Å². The van der Waals surface area contributed by atoms with E-state index in [2.05, 4.69) is 0 Å². The highest BCUT2D eigenvalue weighted by Crippen LogP contribution is 2.13. The van der Waals surface area contributed by atoms with Crippen LogP contribution in [0.1, 0.15) is 34.0 Å². The van der Waals surface area contributed by atoms with Crippen LogP contribution in [0.2, 0.25) is 0 Å². The Hall–Kier alpha value is -0.120. The molecule has 1 fully saturated rings. The maximum Gasteiger partial charge on any atom is 0.157 e. The van der Waals surface area contributed by atoms with Crippen molar-refractivity contribution in [2.45, 2.75) is 45.0 Å². The van der Waals surface area contributed by atoms with Gasteiger partial charge in [0.25, 0.3) is 0 Å². The molecule has 2 atom stereocenters. The Morgan fingerprint density at radius 3 is 3.33 bits per heavy atom. The van der Waals surface area contributed by atoms with Crippen molar-refractivity contribution in [2.75, 3.05) is 13.2 Å². The van der Waals surface area contributed by atoms with Crippen LogP contribution in [0.3, 0.4) is 0 Å². The molecule has 0 aromatic heterocycles. The van der Waals surface area contributed by atoms with Crippen LogP contribution in [0.15, 0.2) is 0 Å². The summed E-state index contributed by atoms with van der Waals surface area (Å²) >= 11 is 0. The predicted octanol–water partition coefficient (Wildman–Crippen LogP) is 1.30. The van der Waals surface area contributed by atoms with E-state index in [0.29, 0.717) is 13.0 Å². The molecule has 1 N–H and O–H groups in total. The lowest BCUT2D eigenvalue weighted by Crippen LogP contribution is -2.26. The third-order valence-corrected chi connectivity index (χ3v) is 1.95. The summed E-state index contributed by atoms with van der Waals surface area (Å²) in [7, 11) is 0. The first-order chi connectivity index (χ1) is 6.33. The molecule has 3 nitrogen and oxygen atoms in total. The van der Waals surface area contributed by atoms with Crippen molar-refractivity contribution in [2.24, 2.45) is 0 Å². The van der Waals surface area contributed by atoms with Gasteiger partial charge >= 0.3 is 0 Å². The Balaban J connectivity index is 2.03. The van der Waals surface area contributed by atoms with Crippen molar-refractivity contribution in [3.8, 4) is 0 Å². The first kappa shape index (κ1) is 8.48. The maximum atomic E-state index is 9.28. The third kappa shape index (κ3) is 3.52. The van der Waals surface area contributed by atoms with Gasteiger partial charge in [-0.05, 0) is 25.7 Å². The second-order valence-corrected chi connectivity index (χ2v) is 3.07. The Kier molecular flexibility index (Phi) is 3.89. The molecule has 0 aromatic carbocycles. The van der Waals surface area contributed by atoms with Crippen molar-refractivity contribution in [1.29, 1.82) is 0 Å². The van der Waals surface area contributed by atoms with Crippen molar-refractivity contribution < 1.29 is 16.0 Å². The molecule has 3 heteroatoms. The molecule has 12 heavy (non-hydrogen) atoms. The monoisotopic (exact) mass is 175 g/mol. The first-order valence-corrected chi connectivity index (χ1v) is 4.53. The molecule has 1 saturated heterocycles. The lowest BCUT2D eigenvalue weighted by atomic mass is 10.2. The highest BCUT2D eigenvalue weighted by atomic mass is 16.7. The minimum Gasteiger partial charge on any atom is -0.391 e. The minimum absolute atomic E-state index is 0.130. The highest BCUT2D eigenvalue weighted by molar-refractivity contribution is 4.56. The Bertz CT molecular complexity index is 126. The second kappa shape index (κ2) is 5.51. The molecule has 0 aromatic rings. The molecule has 1 rings (SSSR count). The van der Waals surface area contributed by atoms with Gasteiger partial charge in [0.05, 0.1) is 12.7 Å². The molecule has 0 bridgehead atoms. The van der Waals surface area contributed by atoms with Crippen LogP contribution >= 0.6 is 0 Å². The Morgan fingerprint density at radius 1 is 1.75 bits per heavy atom. The first-order valence-electron chi connectivity index (χ1n) is 5.24. The molecule has 0 aliphatic carbocycles. The lowest BCUT2D eigenvalue weighted by Gasteiger charge is -2.23. The molecule has 1 unspecified atom stereocenters. The van der Waals surface area contributed by atoms with E-state index in [0.717, 1.165) is 25.9 Å². The van der Waals surface area contributed by atoms with Crippen molar-refractivity contribution in [3.63, 3.8) is 0 Å². The predicted molar refractivity (Wildman–Crippen MR) is 45.8 cm³/mol. The van der Waals surface area contributed by atoms with Crippen molar-refractivity contribution >= 4 is 0 Å². The maximum absolute atomic E-state index is 9.28. The largest absolute Gasteiger partial charge is 0.391 e. The van der Waals surface area contributed by atoms with Crippen LogP contribution in [-0.2, 0) is 9.47 Å². The topological polar surface area (TPSA) is 38.7 Å². The highest BCUT2D eigenvalue weighted by Gasteiger charge is 2.14. The molecule has 0 spiro atoms. The molecular formula is C9H18O3. The van der Waals surface area contributed by atoms with Gasteiger partial charge in [-0.15, -0.1) is 0 Å². The smallest absolute Gasteiger partial charge is 0.157 e. The average molecular weight is 175 g/mol. The van der Waals surface area contributed by atoms with Crippen LogP contribution in [0.4, 0.5) is 0 Å². The fourth-order valence-corrected chi connectivity index (χ4v) is 1.14. The van der Waals surface area contributed by atoms with E-state index in [-0.39, 0.29) is 13.2 Å². The lowest BCUT2D eigenvalue weighted by molar-refractivity contribution is -0.175. The van der Waals surface area contributed by atoms with Crippen molar-refractivity contribution in [3.05, 3.63) is 0 Å². The summed E-state index contributed by atoms with van der Waals surface area (Å²) in [5.74, 6) is 0. The zero-order valence-corrected chi connectivity index (χ0v) is 7.37. The minimum atomic E-state index is -0.511. The van der Waals surface area contributed by atoms with E-state index < -0.39 is 6.10 Å². The van der Waals surface area contributed by atoms with E-state index in [9.17, 15) is 5.11 Å². The van der Waals surface area contributed by atoms with Gasteiger partial charge < -0.3 is 14.6 Å². The zero-order valence-electron chi connectivity index (χ0n) is 8.37. The van der Waals surface area contributed by atoms with Gasteiger partial charge in [-0.1, -0.05) is 6.90 Å². The summed E-state index contributed by atoms with van der Waals surface area (Å²) in [4.78, 5) is 0. The number of rotatable bonds is 4. The van der Waals surface area contributed by atoms with Gasteiger partial charge in [-0.3, -0.25) is 0 Å². The summed E-state index contributed by atoms with van der Waals surface area (Å²) in [6, 6.07) is 0. The van der Waals surface area contributed by atoms with Gasteiger partial charge in [-0.25, -0.2) is 0 Å². The average Bonchev–Trinajstić information content (AvgIpc) is 2.17. The molecule has 0 saturated carbocycles. The van der Waals surface area contributed by atoms with Crippen LogP contribution in [-0.4, -0.2) is 30.7 Å². The quantitative estimate of drug-likeness (QED) is 0.700. The summed E-state index contributed by atoms with van der Waals surface area (Å²) in [5.41, 5.74) is 0. The molecular weight excluding hydrogens is 156 g/mol. The number of ether oxygens (including phenoxy) is 2. The summed E-state index contributed by atoms with van der Waals surface area (Å²) < 4.78 is 17.6. The molecule has 0 amide bonds. The molecule has 1 aliphatic rings. The van der Waals surface area contributed by atoms with E-state index in [1.165, 1.54) is 0 Å². The van der Waals surface area contributed by atoms with Gasteiger partial charge in [0.15, 0.2) is 6.29 Å². The zero-order chi connectivity index (χ0) is 9.52. The van der Waals surface area contributed by atoms with E-state index >= 15 is 0 Å². The number of hydrogen-bond donors (Lipinski definition) is 1. The third-order valence-electron chi connectivity index (χ3n) is 1.95. The summed E-state index contributed by atoms with van der Waals surface area (Å²) in [6.07, 6.45) is 3.01. The molecule has 1 heterocycles. The Morgan fingerprint density at radius 2 is 2.67 bits per heavy atom. The van der Waals surface area contributed by atoms with Gasteiger partial charge in [0.1, 0.15) is 0 Å². The SMILES string of the molecule is [2H]CC[C@H](O)COC1CCCCO1. The Labute approximate surface area is 75.1 Å². The van der Waals surface area contributed by atoms with Crippen LogP contribution in [0.25, 0.3) is 0 Å². The fourth-order valence-electron chi connectivity index (χ4n) is 1.14. The number of hydrogen-bond acceptors (Lipinski definition) is 3. The fraction of sp³-hybridized carbons (Fsp3) is 1.00. The van der Waals surface area contributed by atoms with Crippen molar-refractivity contribution in [1.82, 2.24) is 0 Å². The van der Waals surface area contributed by atoms with E-state index in [1.54, 1.807) is 0 Å². The molecule has 72 valence electrons. The standard InChI is InChI=1S/C9H18O3/c1-2-8(10)7-12-9-5-3-4-6-11-9/h8-10H,2-7H2,1H3/t8-,9?/m0/s1/i1D. The number of aliphatic hydroxyl groups is 1. The summed E-state index contributed by atoms with van der Waals surface area (Å²) in [6.45, 7) is 1.30. The van der Waals surface area contributed by atoms with Crippen LogP contribution in [0.5, 0.6) is 0 Å². The number of aliphatic hydroxyl groups excluding tert-OH is 1. The molecule has 0 radical (unpaired) electrons. The summed E-state index contributed by atoms with van der Waals surface area (Å²) in [5, 5.41) is 9.28. The molecule has 1 aliphatic heterocycles. The van der Waals surface area contributed by atoms with Crippen LogP contribution in [0, 0.1) is 0 Å². The van der Waals surface area contributed by atoms with E-state index in [4.69, 9.17) is 10.8 Å². The van der Waals surface area contributed by atoms with E-state index in [1.807, 2.05) is 0 Å².